The number of benzene rings is 1. The Bertz CT molecular complexity index is 1290. The third-order valence-electron chi connectivity index (χ3n) is 5.80. The van der Waals surface area contributed by atoms with E-state index in [2.05, 4.69) is 20.9 Å². The Kier molecular flexibility index (Phi) is 11.1. The van der Waals surface area contributed by atoms with Crippen LogP contribution in [0.25, 0.3) is 10.9 Å². The third-order valence-corrected chi connectivity index (χ3v) is 5.80. The summed E-state index contributed by atoms with van der Waals surface area (Å²) in [4.78, 5) is 86.9. The van der Waals surface area contributed by atoms with Gasteiger partial charge in [-0.05, 0) is 18.1 Å². The fraction of sp³-hybridized carbons (Fsp3) is 0.375. The van der Waals surface area contributed by atoms with Gasteiger partial charge in [0.15, 0.2) is 0 Å². The van der Waals surface area contributed by atoms with Crippen molar-refractivity contribution in [2.45, 2.75) is 56.3 Å². The second-order valence-corrected chi connectivity index (χ2v) is 8.97. The Balaban J connectivity index is 2.33. The van der Waals surface area contributed by atoms with Crippen molar-refractivity contribution in [3.8, 4) is 0 Å². The maximum atomic E-state index is 13.2. The van der Waals surface area contributed by atoms with E-state index in [-0.39, 0.29) is 19.3 Å². The zero-order valence-electron chi connectivity index (χ0n) is 21.2. The number of fused-ring (bicyclic) bond motifs is 1. The molecule has 0 spiro atoms. The van der Waals surface area contributed by atoms with Crippen LogP contribution in [-0.4, -0.2) is 80.8 Å². The lowest BCUT2D eigenvalue weighted by Crippen LogP contribution is -2.58. The van der Waals surface area contributed by atoms with E-state index < -0.39 is 78.5 Å². The predicted molar refractivity (Wildman–Crippen MR) is 138 cm³/mol. The molecule has 2 rings (SSSR count). The molecule has 12 N–H and O–H groups in total. The van der Waals surface area contributed by atoms with Crippen LogP contribution in [0.3, 0.4) is 0 Å². The van der Waals surface area contributed by atoms with Crippen molar-refractivity contribution in [1.82, 2.24) is 20.9 Å². The Labute approximate surface area is 227 Å². The van der Waals surface area contributed by atoms with Gasteiger partial charge in [-0.1, -0.05) is 18.2 Å². The van der Waals surface area contributed by atoms with Crippen molar-refractivity contribution in [3.05, 3.63) is 36.0 Å². The number of hydrogen-bond donors (Lipinski definition) is 9. The van der Waals surface area contributed by atoms with Gasteiger partial charge in [-0.2, -0.15) is 0 Å². The number of amides is 5. The van der Waals surface area contributed by atoms with E-state index >= 15 is 0 Å². The molecule has 0 saturated carbocycles. The molecule has 2 aromatic rings. The van der Waals surface area contributed by atoms with Crippen molar-refractivity contribution in [2.75, 3.05) is 0 Å². The second-order valence-electron chi connectivity index (χ2n) is 8.97. The number of aliphatic carboxylic acids is 2. The number of aromatic amines is 1. The van der Waals surface area contributed by atoms with E-state index in [4.69, 9.17) is 17.2 Å². The largest absolute Gasteiger partial charge is 0.481 e. The molecule has 16 heteroatoms. The molecule has 0 bridgehead atoms. The van der Waals surface area contributed by atoms with Crippen LogP contribution in [0.1, 0.15) is 31.2 Å². The molecular formula is C24H31N7O9. The summed E-state index contributed by atoms with van der Waals surface area (Å²) < 4.78 is 0. The van der Waals surface area contributed by atoms with Gasteiger partial charge in [-0.15, -0.1) is 0 Å². The molecule has 0 aliphatic heterocycles. The minimum atomic E-state index is -1.72. The number of carboxylic acids is 2. The van der Waals surface area contributed by atoms with Gasteiger partial charge in [0.05, 0.1) is 18.9 Å². The van der Waals surface area contributed by atoms with E-state index in [1.165, 1.54) is 0 Å². The molecule has 40 heavy (non-hydrogen) atoms. The number of rotatable bonds is 16. The van der Waals surface area contributed by atoms with E-state index in [0.29, 0.717) is 16.5 Å². The number of nitrogens with one attached hydrogen (secondary N) is 4. The minimum Gasteiger partial charge on any atom is -0.481 e. The average molecular weight is 562 g/mol. The molecule has 16 nitrogen and oxygen atoms in total. The number of H-pyrrole nitrogens is 1. The topological polar surface area (TPSA) is 290 Å². The van der Waals surface area contributed by atoms with Crippen molar-refractivity contribution < 1.29 is 43.8 Å². The Morgan fingerprint density at radius 3 is 2.00 bits per heavy atom. The van der Waals surface area contributed by atoms with E-state index in [9.17, 15) is 43.8 Å². The summed E-state index contributed by atoms with van der Waals surface area (Å²) in [5.41, 5.74) is 16.9. The first-order valence-electron chi connectivity index (χ1n) is 12.0. The fourth-order valence-corrected chi connectivity index (χ4v) is 3.79. The number of carbonyl (C=O) groups is 7. The van der Waals surface area contributed by atoms with Crippen molar-refractivity contribution >= 4 is 52.4 Å². The number of hydrogen-bond acceptors (Lipinski definition) is 8. The number of primary amides is 2. The van der Waals surface area contributed by atoms with Gasteiger partial charge in [-0.3, -0.25) is 28.8 Å². The molecule has 0 fully saturated rings. The van der Waals surface area contributed by atoms with Crippen LogP contribution in [-0.2, 0) is 40.0 Å². The number of nitrogens with two attached hydrogens (primary N) is 3. The van der Waals surface area contributed by atoms with E-state index in [1.54, 1.807) is 30.5 Å². The van der Waals surface area contributed by atoms with Crippen LogP contribution in [0.2, 0.25) is 0 Å². The van der Waals surface area contributed by atoms with Gasteiger partial charge < -0.3 is 48.3 Å². The predicted octanol–water partition coefficient (Wildman–Crippen LogP) is -2.81. The van der Waals surface area contributed by atoms with Gasteiger partial charge in [0.2, 0.25) is 29.5 Å². The Hall–Kier alpha value is -4.99. The van der Waals surface area contributed by atoms with Gasteiger partial charge in [0.1, 0.15) is 18.1 Å². The summed E-state index contributed by atoms with van der Waals surface area (Å²) in [6, 6.07) is 0.875. The number of carbonyl (C=O) groups excluding carboxylic acids is 5. The molecule has 1 heterocycles. The lowest BCUT2D eigenvalue weighted by Gasteiger charge is -2.24. The standard InChI is InChI=1S/C24H31N7O9/c25-13(8-19(27)33)21(36)30-17(9-20(34)35)23(38)31-16(7-11-10-28-14-4-2-1-3-12(11)14)22(37)29-15(24(39)40)5-6-18(26)32/h1-4,10,13,15-17,28H,5-9,25H2,(H2,26,32)(H2,27,33)(H,29,37)(H,30,36)(H,31,38)(H,34,35)(H,39,40). The lowest BCUT2D eigenvalue weighted by molar-refractivity contribution is -0.143. The average Bonchev–Trinajstić information content (AvgIpc) is 3.27. The summed E-state index contributed by atoms with van der Waals surface area (Å²) in [6.45, 7) is 0. The Morgan fingerprint density at radius 2 is 1.40 bits per heavy atom. The van der Waals surface area contributed by atoms with Crippen LogP contribution >= 0.6 is 0 Å². The monoisotopic (exact) mass is 561 g/mol. The van der Waals surface area contributed by atoms with Crippen LogP contribution in [0.15, 0.2) is 30.5 Å². The summed E-state index contributed by atoms with van der Waals surface area (Å²) in [6.07, 6.45) is -0.717. The quantitative estimate of drug-likeness (QED) is 0.101. The van der Waals surface area contributed by atoms with Crippen LogP contribution in [0.5, 0.6) is 0 Å². The normalized spacial score (nSPS) is 13.8. The SMILES string of the molecule is NC(=O)CCC(NC(=O)C(Cc1c[nH]c2ccccc12)NC(=O)C(CC(=O)O)NC(=O)C(N)CC(N)=O)C(=O)O. The highest BCUT2D eigenvalue weighted by molar-refractivity contribution is 5.97. The molecule has 1 aromatic carbocycles. The highest BCUT2D eigenvalue weighted by Crippen LogP contribution is 2.19. The van der Waals surface area contributed by atoms with Crippen molar-refractivity contribution in [1.29, 1.82) is 0 Å². The third kappa shape index (κ3) is 9.39. The van der Waals surface area contributed by atoms with Gasteiger partial charge in [-0.25, -0.2) is 4.79 Å². The minimum absolute atomic E-state index is 0.168. The molecule has 5 amide bonds. The summed E-state index contributed by atoms with van der Waals surface area (Å²) in [5.74, 6) is -7.69. The highest BCUT2D eigenvalue weighted by atomic mass is 16.4. The van der Waals surface area contributed by atoms with Gasteiger partial charge >= 0.3 is 11.9 Å². The maximum Gasteiger partial charge on any atom is 0.326 e. The highest BCUT2D eigenvalue weighted by Gasteiger charge is 2.32. The molecule has 216 valence electrons. The number of aromatic nitrogens is 1. The number of carboxylic acid groups (broad SMARTS) is 2. The fourth-order valence-electron chi connectivity index (χ4n) is 3.79. The second kappa shape index (κ2) is 14.2. The smallest absolute Gasteiger partial charge is 0.326 e. The zero-order valence-corrected chi connectivity index (χ0v) is 21.2. The summed E-state index contributed by atoms with van der Waals surface area (Å²) in [5, 5.41) is 26.2. The number of para-hydroxylation sites is 1. The first-order chi connectivity index (χ1) is 18.8. The van der Waals surface area contributed by atoms with Crippen LogP contribution in [0.4, 0.5) is 0 Å². The van der Waals surface area contributed by atoms with Gasteiger partial charge in [0, 0.05) is 29.9 Å². The molecule has 0 radical (unpaired) electrons. The molecular weight excluding hydrogens is 530 g/mol. The zero-order chi connectivity index (χ0) is 30.0. The summed E-state index contributed by atoms with van der Waals surface area (Å²) in [7, 11) is 0. The van der Waals surface area contributed by atoms with Crippen LogP contribution in [0, 0.1) is 0 Å². The summed E-state index contributed by atoms with van der Waals surface area (Å²) >= 11 is 0. The van der Waals surface area contributed by atoms with E-state index in [1.807, 2.05) is 0 Å². The molecule has 0 saturated heterocycles. The molecule has 4 unspecified atom stereocenters. The first-order valence-corrected chi connectivity index (χ1v) is 12.0. The van der Waals surface area contributed by atoms with Crippen molar-refractivity contribution in [3.63, 3.8) is 0 Å². The first kappa shape index (κ1) is 31.2. The van der Waals surface area contributed by atoms with Crippen LogP contribution < -0.4 is 33.2 Å². The van der Waals surface area contributed by atoms with Gasteiger partial charge in [0.25, 0.3) is 0 Å². The molecule has 4 atom stereocenters. The molecule has 0 aliphatic carbocycles. The maximum absolute atomic E-state index is 13.2. The van der Waals surface area contributed by atoms with E-state index in [0.717, 1.165) is 0 Å². The molecule has 0 aliphatic rings. The Morgan fingerprint density at radius 1 is 0.800 bits per heavy atom. The molecule has 1 aromatic heterocycles. The lowest BCUT2D eigenvalue weighted by atomic mass is 10.0. The van der Waals surface area contributed by atoms with Crippen molar-refractivity contribution in [2.24, 2.45) is 17.2 Å².